The van der Waals surface area contributed by atoms with E-state index in [4.69, 9.17) is 0 Å². The maximum Gasteiger partial charge on any atom is 0.270 e. The molecule has 0 spiro atoms. The third-order valence-corrected chi connectivity index (χ3v) is 0.610. The highest BCUT2D eigenvalue weighted by Crippen LogP contribution is 1.61. The monoisotopic (exact) mass is 185 g/mol. The van der Waals surface area contributed by atoms with Gasteiger partial charge in [-0.2, -0.15) is 5.10 Å². The molecule has 0 fully saturated rings. The molecule has 0 aromatic rings. The Hall–Kier alpha value is -1.65. The van der Waals surface area contributed by atoms with Crippen molar-refractivity contribution in [1.29, 1.82) is 0 Å². The fourth-order valence-electron chi connectivity index (χ4n) is 0.329. The maximum absolute atomic E-state index is 10.5. The fraction of sp³-hybridized carbons (Fsp3) is 0.375. The predicted octanol–water partition coefficient (Wildman–Crippen LogP) is 0.0466. The van der Waals surface area contributed by atoms with Gasteiger partial charge in [0.25, 0.3) is 5.91 Å². The average Bonchev–Trinajstić information content (AvgIpc) is 2.01. The van der Waals surface area contributed by atoms with E-state index >= 15 is 0 Å². The summed E-state index contributed by atoms with van der Waals surface area (Å²) in [6, 6.07) is 0. The number of allylic oxidation sites excluding steroid dienone is 1. The van der Waals surface area contributed by atoms with E-state index in [0.29, 0.717) is 0 Å². The minimum atomic E-state index is -0.526. The van der Waals surface area contributed by atoms with Crippen molar-refractivity contribution in [3.8, 4) is 0 Å². The quantitative estimate of drug-likeness (QED) is 0.362. The minimum Gasteiger partial charge on any atom is -0.313 e. The van der Waals surface area contributed by atoms with Crippen LogP contribution in [0.5, 0.6) is 0 Å². The Bertz CT molecular complexity index is 200. The number of amides is 2. The lowest BCUT2D eigenvalue weighted by molar-refractivity contribution is -0.125. The first kappa shape index (κ1) is 13.9. The second-order valence-corrected chi connectivity index (χ2v) is 1.94. The number of nitrogens with zero attached hydrogens (tertiary/aromatic N) is 1. The SMILES string of the molecule is C=CC.CN/N=C\C(=O)NC(C)=O. The standard InChI is InChI=1S/C5H9N3O2.C3H6/c1-4(9)8-5(10)3-7-6-2;1-3-2/h3,6H,1-2H3,(H,8,9,10);3H,1H2,2H3/b7-3-;. The van der Waals surface area contributed by atoms with Gasteiger partial charge in [-0.05, 0) is 6.92 Å². The Morgan fingerprint density at radius 1 is 1.46 bits per heavy atom. The fourth-order valence-corrected chi connectivity index (χ4v) is 0.329. The molecule has 2 N–H and O–H groups in total. The normalized spacial score (nSPS) is 8.23. The summed E-state index contributed by atoms with van der Waals surface area (Å²) in [4.78, 5) is 20.7. The van der Waals surface area contributed by atoms with Gasteiger partial charge in [0.2, 0.25) is 5.91 Å². The Morgan fingerprint density at radius 2 is 1.92 bits per heavy atom. The molecule has 0 aliphatic heterocycles. The summed E-state index contributed by atoms with van der Waals surface area (Å²) in [5.41, 5.74) is 2.37. The first-order chi connectivity index (χ1) is 6.08. The largest absolute Gasteiger partial charge is 0.313 e. The Labute approximate surface area is 77.9 Å². The number of imide groups is 1. The highest BCUT2D eigenvalue weighted by atomic mass is 16.2. The van der Waals surface area contributed by atoms with E-state index < -0.39 is 11.8 Å². The summed E-state index contributed by atoms with van der Waals surface area (Å²) in [6.45, 7) is 6.51. The number of hydrazone groups is 1. The van der Waals surface area contributed by atoms with Gasteiger partial charge >= 0.3 is 0 Å². The second-order valence-electron chi connectivity index (χ2n) is 1.94. The van der Waals surface area contributed by atoms with Crippen LogP contribution in [0, 0.1) is 0 Å². The first-order valence-corrected chi connectivity index (χ1v) is 3.66. The summed E-state index contributed by atoms with van der Waals surface area (Å²) < 4.78 is 0. The van der Waals surface area contributed by atoms with Crippen molar-refractivity contribution in [3.63, 3.8) is 0 Å². The zero-order chi connectivity index (χ0) is 10.7. The van der Waals surface area contributed by atoms with Crippen LogP contribution in [0.25, 0.3) is 0 Å². The van der Waals surface area contributed by atoms with Crippen molar-refractivity contribution in [1.82, 2.24) is 10.7 Å². The minimum absolute atomic E-state index is 0.396. The van der Waals surface area contributed by atoms with Crippen LogP contribution in [0.3, 0.4) is 0 Å². The Morgan fingerprint density at radius 3 is 2.23 bits per heavy atom. The van der Waals surface area contributed by atoms with Crippen LogP contribution < -0.4 is 10.7 Å². The molecule has 0 aromatic heterocycles. The van der Waals surface area contributed by atoms with Crippen LogP contribution in [-0.4, -0.2) is 25.1 Å². The number of hydrogen-bond acceptors (Lipinski definition) is 4. The summed E-state index contributed by atoms with van der Waals surface area (Å²) in [5.74, 6) is -0.922. The molecule has 0 aliphatic carbocycles. The molecule has 0 rings (SSSR count). The molecule has 0 heterocycles. The lowest BCUT2D eigenvalue weighted by Gasteiger charge is -1.91. The van der Waals surface area contributed by atoms with Crippen LogP contribution in [0.2, 0.25) is 0 Å². The lowest BCUT2D eigenvalue weighted by Crippen LogP contribution is -2.29. The molecule has 13 heavy (non-hydrogen) atoms. The zero-order valence-corrected chi connectivity index (χ0v) is 8.13. The smallest absolute Gasteiger partial charge is 0.270 e. The van der Waals surface area contributed by atoms with Gasteiger partial charge in [-0.1, -0.05) is 6.08 Å². The maximum atomic E-state index is 10.5. The van der Waals surface area contributed by atoms with Crippen molar-refractivity contribution < 1.29 is 9.59 Å². The van der Waals surface area contributed by atoms with Crippen molar-refractivity contribution in [3.05, 3.63) is 12.7 Å². The highest BCUT2D eigenvalue weighted by molar-refractivity contribution is 6.29. The van der Waals surface area contributed by atoms with Crippen LogP contribution in [-0.2, 0) is 9.59 Å². The molecule has 0 radical (unpaired) electrons. The lowest BCUT2D eigenvalue weighted by atomic mass is 10.6. The summed E-state index contributed by atoms with van der Waals surface area (Å²) >= 11 is 0. The van der Waals surface area contributed by atoms with Crippen LogP contribution in [0.4, 0.5) is 0 Å². The van der Waals surface area contributed by atoms with Gasteiger partial charge in [-0.25, -0.2) is 0 Å². The van der Waals surface area contributed by atoms with Gasteiger partial charge in [0.1, 0.15) is 6.21 Å². The molecular weight excluding hydrogens is 170 g/mol. The van der Waals surface area contributed by atoms with E-state index in [-0.39, 0.29) is 0 Å². The molecule has 0 aliphatic rings. The van der Waals surface area contributed by atoms with Crippen LogP contribution in [0.1, 0.15) is 13.8 Å². The third-order valence-electron chi connectivity index (χ3n) is 0.610. The molecule has 0 unspecified atom stereocenters. The van der Waals surface area contributed by atoms with Gasteiger partial charge in [0.05, 0.1) is 0 Å². The molecule has 0 bridgehead atoms. The number of carbonyl (C=O) groups excluding carboxylic acids is 2. The van der Waals surface area contributed by atoms with E-state index in [1.807, 2.05) is 12.2 Å². The van der Waals surface area contributed by atoms with E-state index in [2.05, 4.69) is 17.1 Å². The van der Waals surface area contributed by atoms with Gasteiger partial charge in [-0.3, -0.25) is 14.9 Å². The van der Waals surface area contributed by atoms with Crippen molar-refractivity contribution in [2.45, 2.75) is 13.8 Å². The molecule has 2 amide bonds. The van der Waals surface area contributed by atoms with E-state index in [1.165, 1.54) is 6.92 Å². The Balaban J connectivity index is 0. The second kappa shape index (κ2) is 10.3. The van der Waals surface area contributed by atoms with Gasteiger partial charge in [0.15, 0.2) is 0 Å². The van der Waals surface area contributed by atoms with Crippen molar-refractivity contribution >= 4 is 18.0 Å². The van der Waals surface area contributed by atoms with E-state index in [0.717, 1.165) is 6.21 Å². The Kier molecular flexibility index (Phi) is 11.1. The predicted molar refractivity (Wildman–Crippen MR) is 52.2 cm³/mol. The summed E-state index contributed by atoms with van der Waals surface area (Å²) in [5, 5.41) is 5.40. The molecule has 5 heteroatoms. The van der Waals surface area contributed by atoms with Crippen LogP contribution in [0.15, 0.2) is 17.8 Å². The molecule has 5 nitrogen and oxygen atoms in total. The number of rotatable bonds is 2. The van der Waals surface area contributed by atoms with Crippen molar-refractivity contribution in [2.75, 3.05) is 7.05 Å². The molecule has 0 saturated carbocycles. The van der Waals surface area contributed by atoms with Crippen molar-refractivity contribution in [2.24, 2.45) is 5.10 Å². The molecule has 74 valence electrons. The first-order valence-electron chi connectivity index (χ1n) is 3.66. The van der Waals surface area contributed by atoms with E-state index in [9.17, 15) is 9.59 Å². The number of hydrogen-bond donors (Lipinski definition) is 2. The number of carbonyl (C=O) groups is 2. The molecule has 0 atom stereocenters. The van der Waals surface area contributed by atoms with Gasteiger partial charge in [-0.15, -0.1) is 6.58 Å². The molecule has 0 aromatic carbocycles. The summed E-state index contributed by atoms with van der Waals surface area (Å²) in [6.07, 6.45) is 2.74. The number of nitrogens with one attached hydrogen (secondary N) is 2. The van der Waals surface area contributed by atoms with Gasteiger partial charge in [0, 0.05) is 14.0 Å². The molecular formula is C8H15N3O2. The van der Waals surface area contributed by atoms with Crippen LogP contribution >= 0.6 is 0 Å². The van der Waals surface area contributed by atoms with Gasteiger partial charge < -0.3 is 5.43 Å². The highest BCUT2D eigenvalue weighted by Gasteiger charge is 1.96. The molecule has 0 saturated heterocycles. The zero-order valence-electron chi connectivity index (χ0n) is 8.13. The average molecular weight is 185 g/mol. The summed E-state index contributed by atoms with van der Waals surface area (Å²) in [7, 11) is 1.55. The third kappa shape index (κ3) is 17.9. The van der Waals surface area contributed by atoms with E-state index in [1.54, 1.807) is 13.1 Å². The topological polar surface area (TPSA) is 70.6 Å².